The summed E-state index contributed by atoms with van der Waals surface area (Å²) >= 11 is 0. The van der Waals surface area contributed by atoms with Gasteiger partial charge in [0.05, 0.1) is 20.0 Å². The van der Waals surface area contributed by atoms with Crippen molar-refractivity contribution < 1.29 is 13.7 Å². The third-order valence-electron chi connectivity index (χ3n) is 7.05. The van der Waals surface area contributed by atoms with Gasteiger partial charge in [-0.05, 0) is 50.1 Å². The second-order valence-corrected chi connectivity index (χ2v) is 15.0. The second kappa shape index (κ2) is 9.33. The molecule has 1 aliphatic heterocycles. The maximum atomic E-state index is 15.4. The Kier molecular flexibility index (Phi) is 7.30. The molecule has 1 aliphatic rings. The summed E-state index contributed by atoms with van der Waals surface area (Å²) in [6, 6.07) is 9.41. The standard InChI is InChI=1S/C27H37BFO2Si/c1-18(2)32(19(3)4)20(5)13-12-16-23-22-15-11-10-14-21(22)17-24(29)25(23)28-30-26(6,7)27(8,9)31-28/h10-11,14-15,17-20H,13H2,1-9H3. The lowest BCUT2D eigenvalue weighted by Crippen LogP contribution is -2.41. The van der Waals surface area contributed by atoms with E-state index in [0.717, 1.165) is 17.2 Å². The van der Waals surface area contributed by atoms with Gasteiger partial charge in [0.2, 0.25) is 0 Å². The van der Waals surface area contributed by atoms with Crippen LogP contribution in [0.2, 0.25) is 16.6 Å². The van der Waals surface area contributed by atoms with E-state index in [1.54, 1.807) is 6.07 Å². The average Bonchev–Trinajstić information content (AvgIpc) is 2.87. The molecule has 171 valence electrons. The molecule has 2 aromatic carbocycles. The van der Waals surface area contributed by atoms with Crippen LogP contribution in [0.4, 0.5) is 4.39 Å². The Balaban J connectivity index is 2.05. The zero-order chi connectivity index (χ0) is 23.8. The number of halogens is 1. The first-order valence-electron chi connectivity index (χ1n) is 11.8. The van der Waals surface area contributed by atoms with E-state index in [0.29, 0.717) is 27.6 Å². The maximum absolute atomic E-state index is 15.4. The minimum Gasteiger partial charge on any atom is -0.399 e. The lowest BCUT2D eigenvalue weighted by atomic mass is 9.74. The van der Waals surface area contributed by atoms with E-state index in [1.807, 2.05) is 52.0 Å². The summed E-state index contributed by atoms with van der Waals surface area (Å²) in [5, 5.41) is 1.79. The highest BCUT2D eigenvalue weighted by Crippen LogP contribution is 2.37. The first-order valence-corrected chi connectivity index (χ1v) is 13.5. The van der Waals surface area contributed by atoms with Crippen molar-refractivity contribution in [3.8, 4) is 11.8 Å². The van der Waals surface area contributed by atoms with Crippen LogP contribution >= 0.6 is 0 Å². The zero-order valence-electron chi connectivity index (χ0n) is 21.1. The van der Waals surface area contributed by atoms with Gasteiger partial charge in [-0.2, -0.15) is 0 Å². The van der Waals surface area contributed by atoms with Crippen LogP contribution in [0.25, 0.3) is 10.8 Å². The molecular formula is C27H37BFO2Si. The Hall–Kier alpha value is -1.61. The van der Waals surface area contributed by atoms with Crippen LogP contribution in [0.15, 0.2) is 30.3 Å². The summed E-state index contributed by atoms with van der Waals surface area (Å²) in [5.41, 5.74) is 1.99. The molecule has 5 heteroatoms. The molecule has 2 aromatic rings. The lowest BCUT2D eigenvalue weighted by Gasteiger charge is -2.32. The summed E-state index contributed by atoms with van der Waals surface area (Å²) in [7, 11) is -1.32. The largest absolute Gasteiger partial charge is 0.499 e. The number of rotatable bonds is 5. The summed E-state index contributed by atoms with van der Waals surface area (Å²) in [4.78, 5) is 0. The molecule has 0 aromatic heterocycles. The predicted octanol–water partition coefficient (Wildman–Crippen LogP) is 6.72. The van der Waals surface area contributed by atoms with E-state index in [-0.39, 0.29) is 5.82 Å². The summed E-state index contributed by atoms with van der Waals surface area (Å²) in [6.45, 7) is 19.6. The Labute approximate surface area is 196 Å². The highest BCUT2D eigenvalue weighted by molar-refractivity contribution is 6.64. The first-order chi connectivity index (χ1) is 14.9. The van der Waals surface area contributed by atoms with Crippen LogP contribution in [0.1, 0.15) is 74.3 Å². The summed E-state index contributed by atoms with van der Waals surface area (Å²) in [6.07, 6.45) is 0.818. The van der Waals surface area contributed by atoms with Crippen LogP contribution in [-0.4, -0.2) is 27.1 Å². The Morgan fingerprint density at radius 2 is 1.53 bits per heavy atom. The van der Waals surface area contributed by atoms with E-state index in [2.05, 4.69) is 46.5 Å². The zero-order valence-corrected chi connectivity index (χ0v) is 22.1. The Bertz CT molecular complexity index is 1010. The minimum absolute atomic E-state index is 0.325. The highest BCUT2D eigenvalue weighted by Gasteiger charge is 2.53. The Morgan fingerprint density at radius 1 is 0.969 bits per heavy atom. The quantitative estimate of drug-likeness (QED) is 0.371. The molecule has 32 heavy (non-hydrogen) atoms. The van der Waals surface area contributed by atoms with Gasteiger partial charge >= 0.3 is 7.12 Å². The van der Waals surface area contributed by atoms with Crippen LogP contribution in [0.5, 0.6) is 0 Å². The van der Waals surface area contributed by atoms with Gasteiger partial charge in [0.1, 0.15) is 5.82 Å². The molecular weight excluding hydrogens is 414 g/mol. The molecule has 1 unspecified atom stereocenters. The molecule has 0 aliphatic carbocycles. The van der Waals surface area contributed by atoms with Crippen molar-refractivity contribution in [2.75, 3.05) is 0 Å². The average molecular weight is 451 g/mol. The van der Waals surface area contributed by atoms with Crippen molar-refractivity contribution in [3.05, 3.63) is 41.7 Å². The van der Waals surface area contributed by atoms with E-state index in [9.17, 15) is 0 Å². The molecule has 0 N–H and O–H groups in total. The second-order valence-electron chi connectivity index (χ2n) is 10.7. The summed E-state index contributed by atoms with van der Waals surface area (Å²) in [5.74, 6) is 6.45. The monoisotopic (exact) mass is 451 g/mol. The molecule has 3 rings (SSSR count). The molecule has 0 spiro atoms. The van der Waals surface area contributed by atoms with Crippen LogP contribution in [-0.2, 0) is 9.31 Å². The highest BCUT2D eigenvalue weighted by atomic mass is 28.3. The van der Waals surface area contributed by atoms with Crippen molar-refractivity contribution >= 4 is 32.2 Å². The fraction of sp³-hybridized carbons (Fsp3) is 0.556. The molecule has 0 saturated carbocycles. The van der Waals surface area contributed by atoms with Gasteiger partial charge in [-0.25, -0.2) is 4.39 Å². The van der Waals surface area contributed by atoms with Crippen molar-refractivity contribution in [2.45, 2.75) is 96.6 Å². The molecule has 2 nitrogen and oxygen atoms in total. The first kappa shape index (κ1) is 25.0. The fourth-order valence-electron chi connectivity index (χ4n) is 4.87. The van der Waals surface area contributed by atoms with Gasteiger partial charge in [-0.3, -0.25) is 0 Å². The van der Waals surface area contributed by atoms with E-state index >= 15 is 4.39 Å². The van der Waals surface area contributed by atoms with Crippen molar-refractivity contribution in [1.82, 2.24) is 0 Å². The van der Waals surface area contributed by atoms with Crippen molar-refractivity contribution in [2.24, 2.45) is 0 Å². The van der Waals surface area contributed by atoms with Gasteiger partial charge in [0.15, 0.2) is 0 Å². The molecule has 1 fully saturated rings. The summed E-state index contributed by atoms with van der Waals surface area (Å²) < 4.78 is 27.9. The van der Waals surface area contributed by atoms with Gasteiger partial charge in [-0.1, -0.05) is 81.8 Å². The molecule has 1 radical (unpaired) electrons. The molecule has 1 heterocycles. The van der Waals surface area contributed by atoms with Gasteiger partial charge in [0, 0.05) is 17.4 Å². The van der Waals surface area contributed by atoms with Gasteiger partial charge < -0.3 is 9.31 Å². The SMILES string of the molecule is CC(C)[Si](C(C)C)C(C)CC#Cc1c(B2OC(C)(C)C(C)(C)O2)c(F)cc2ccccc12. The smallest absolute Gasteiger partial charge is 0.399 e. The number of hydrogen-bond acceptors (Lipinski definition) is 2. The molecule has 1 atom stereocenters. The van der Waals surface area contributed by atoms with E-state index in [4.69, 9.17) is 9.31 Å². The molecule has 0 bridgehead atoms. The maximum Gasteiger partial charge on any atom is 0.499 e. The number of benzene rings is 2. The van der Waals surface area contributed by atoms with Crippen LogP contribution in [0.3, 0.4) is 0 Å². The minimum atomic E-state index is -0.780. The third-order valence-corrected chi connectivity index (χ3v) is 11.1. The Morgan fingerprint density at radius 3 is 2.09 bits per heavy atom. The topological polar surface area (TPSA) is 18.5 Å². The van der Waals surface area contributed by atoms with Crippen LogP contribution in [0, 0.1) is 17.7 Å². The van der Waals surface area contributed by atoms with Gasteiger partial charge in [-0.15, -0.1) is 0 Å². The van der Waals surface area contributed by atoms with Crippen molar-refractivity contribution in [1.29, 1.82) is 0 Å². The van der Waals surface area contributed by atoms with E-state index in [1.165, 1.54) is 0 Å². The number of fused-ring (bicyclic) bond motifs is 1. The van der Waals surface area contributed by atoms with Crippen LogP contribution < -0.4 is 5.46 Å². The normalized spacial score (nSPS) is 18.5. The number of hydrogen-bond donors (Lipinski definition) is 0. The molecule has 1 saturated heterocycles. The predicted molar refractivity (Wildman–Crippen MR) is 136 cm³/mol. The fourth-order valence-corrected chi connectivity index (χ4v) is 8.82. The molecule has 0 amide bonds. The third kappa shape index (κ3) is 4.83. The lowest BCUT2D eigenvalue weighted by molar-refractivity contribution is 0.00578. The van der Waals surface area contributed by atoms with Crippen molar-refractivity contribution in [3.63, 3.8) is 0 Å². The van der Waals surface area contributed by atoms with Gasteiger partial charge in [0.25, 0.3) is 0 Å². The van der Waals surface area contributed by atoms with E-state index < -0.39 is 27.1 Å².